The van der Waals surface area contributed by atoms with E-state index in [1.165, 1.54) is 0 Å². The monoisotopic (exact) mass is 919 g/mol. The molecule has 7 N–H and O–H groups in total. The summed E-state index contributed by atoms with van der Waals surface area (Å²) in [5.41, 5.74) is 0. The molecule has 0 aromatic rings. The molecule has 29 heavy (non-hydrogen) atoms. The van der Waals surface area contributed by atoms with Crippen LogP contribution in [0.5, 0.6) is 0 Å². The Bertz CT molecular complexity index is 121. The average Bonchev–Trinajstić information content (AvgIpc) is 2.20. The first-order chi connectivity index (χ1) is 12.1. The Morgan fingerprint density at radius 2 is 0.241 bits per heavy atom. The molecule has 184 valence electrons. The molecule has 0 atom stereocenters. The van der Waals surface area contributed by atoms with E-state index < -0.39 is 104 Å². The van der Waals surface area contributed by atoms with Crippen molar-refractivity contribution in [3.63, 3.8) is 0 Å². The van der Waals surface area contributed by atoms with Gasteiger partial charge in [-0.05, 0) is 29.4 Å². The van der Waals surface area contributed by atoms with Gasteiger partial charge in [0, 0.05) is 0 Å². The summed E-state index contributed by atoms with van der Waals surface area (Å²) in [6.07, 6.45) is 0. The topological polar surface area (TPSA) is 464 Å². The smallest absolute Gasteiger partial charge is 0.372 e. The van der Waals surface area contributed by atoms with Gasteiger partial charge in [-0.15, -0.1) is 0 Å². The second-order valence-electron chi connectivity index (χ2n) is 1.41. The first-order valence-electron chi connectivity index (χ1n) is 3.34. The van der Waals surface area contributed by atoms with Crippen molar-refractivity contribution in [1.82, 2.24) is 0 Å². The summed E-state index contributed by atoms with van der Waals surface area (Å²) in [5, 5.41) is 0. The number of hydrogen-bond acceptors (Lipinski definition) is 21. The van der Waals surface area contributed by atoms with E-state index in [4.69, 9.17) is 88.2 Å². The molecule has 0 aliphatic heterocycles. The SMILES string of the molecule is [NaH].[O-][Br+2]([O-])O.[O-][Br+2]([O-])O.[O-][Br+2]([O-])O.[O-][Br+2]([O-])O.[O-][Br+2]([O-])O.[O-][Br+2]([O-])O.[O-][Br+2]([O-])O. The third kappa shape index (κ3) is 2220. The van der Waals surface area contributed by atoms with Crippen molar-refractivity contribution in [2.75, 3.05) is 0 Å². The Morgan fingerprint density at radius 3 is 0.241 bits per heavy atom. The molecule has 0 radical (unpaired) electrons. The van der Waals surface area contributed by atoms with Crippen LogP contribution in [0.4, 0.5) is 0 Å². The molecule has 0 fully saturated rings. The van der Waals surface area contributed by atoms with Crippen LogP contribution in [0.2, 0.25) is 0 Å². The van der Waals surface area contributed by atoms with Gasteiger partial charge in [0.15, 0.2) is 0 Å². The van der Waals surface area contributed by atoms with E-state index in [0.29, 0.717) is 0 Å². The Kier molecular flexibility index (Phi) is 90.5. The van der Waals surface area contributed by atoms with Gasteiger partial charge in [-0.3, -0.25) is 0 Å². The summed E-state index contributed by atoms with van der Waals surface area (Å²) in [6, 6.07) is 0. The quantitative estimate of drug-likeness (QED) is 0.111. The predicted octanol–water partition coefficient (Wildman–Crippen LogP) is -21.2. The summed E-state index contributed by atoms with van der Waals surface area (Å²) in [4.78, 5) is 0. The van der Waals surface area contributed by atoms with E-state index in [2.05, 4.69) is 0 Å². The van der Waals surface area contributed by atoms with Crippen LogP contribution in [0.1, 0.15) is 0 Å². The van der Waals surface area contributed by atoms with Gasteiger partial charge in [0.05, 0.1) is 0 Å². The summed E-state index contributed by atoms with van der Waals surface area (Å²) in [7, 11) is 0. The van der Waals surface area contributed by atoms with Crippen LogP contribution in [0, 0.1) is 104 Å². The zero-order chi connectivity index (χ0) is 25.0. The second kappa shape index (κ2) is 48.8. The number of hydrogen-bond donors (Lipinski definition) is 7. The summed E-state index contributed by atoms with van der Waals surface area (Å²) in [5.74, 6) is 0. The summed E-state index contributed by atoms with van der Waals surface area (Å²) >= 11 is -23.8. The van der Waals surface area contributed by atoms with E-state index >= 15 is 0 Å². The molecule has 21 nitrogen and oxygen atoms in total. The van der Waals surface area contributed by atoms with Crippen LogP contribution in [0.25, 0.3) is 0 Å². The van der Waals surface area contributed by atoms with Crippen molar-refractivity contribution in [2.24, 2.45) is 0 Å². The van der Waals surface area contributed by atoms with Gasteiger partial charge in [0.1, 0.15) is 0 Å². The molecular weight excluding hydrogens is 918 g/mol. The maximum absolute atomic E-state index is 8.63. The largest absolute Gasteiger partial charge is 0.433 e. The minimum absolute atomic E-state index is 0. The van der Waals surface area contributed by atoms with Gasteiger partial charge in [-0.25, -0.2) is 0 Å². The van der Waals surface area contributed by atoms with Crippen molar-refractivity contribution in [2.45, 2.75) is 0 Å². The van der Waals surface area contributed by atoms with Crippen LogP contribution in [-0.4, -0.2) is 58.9 Å². The molecular formula is H8Br7NaO21. The van der Waals surface area contributed by atoms with Gasteiger partial charge in [0.2, 0.25) is 0 Å². The standard InChI is InChI=1S/7BrHO3.Na.H/c7*2-1(3)4;;/h7*2H;;. The Morgan fingerprint density at radius 1 is 0.241 bits per heavy atom. The van der Waals surface area contributed by atoms with Crippen molar-refractivity contribution in [3.8, 4) is 0 Å². The van der Waals surface area contributed by atoms with Crippen molar-refractivity contribution >= 4 is 29.6 Å². The molecule has 0 heterocycles. The fourth-order valence-corrected chi connectivity index (χ4v) is 0. The number of halogens is 7. The predicted molar refractivity (Wildman–Crippen MR) is 22.7 cm³/mol. The normalized spacial score (nSPS) is 8.69. The zero-order valence-electron chi connectivity index (χ0n) is 11.5. The van der Waals surface area contributed by atoms with Gasteiger partial charge in [-0.1, -0.05) is 0 Å². The maximum Gasteiger partial charge on any atom is 0.433 e. The van der Waals surface area contributed by atoms with Crippen LogP contribution < -0.4 is 58.8 Å². The first-order valence-corrected chi connectivity index (χ1v) is 17.4. The molecule has 0 aliphatic carbocycles. The van der Waals surface area contributed by atoms with E-state index in [-0.39, 0.29) is 29.6 Å². The molecule has 0 aromatic heterocycles. The Balaban J connectivity index is -0.0000000294. The summed E-state index contributed by atoms with van der Waals surface area (Å²) < 4.78 is 170. The average molecular weight is 926 g/mol. The molecule has 0 amide bonds. The van der Waals surface area contributed by atoms with Crippen LogP contribution >= 0.6 is 0 Å². The first kappa shape index (κ1) is 53.7. The second-order valence-corrected chi connectivity index (χ2v) is 7.31. The fourth-order valence-electron chi connectivity index (χ4n) is 0. The van der Waals surface area contributed by atoms with Crippen molar-refractivity contribution in [1.29, 1.82) is 0 Å². The molecule has 0 aromatic carbocycles. The molecule has 0 saturated heterocycles. The van der Waals surface area contributed by atoms with E-state index in [1.807, 2.05) is 0 Å². The van der Waals surface area contributed by atoms with Gasteiger partial charge in [-0.2, -0.15) is 0 Å². The van der Waals surface area contributed by atoms with Gasteiger partial charge >= 0.3 is 133 Å². The third-order valence-corrected chi connectivity index (χ3v) is 0. The Hall–Kier alpha value is 3.52. The fraction of sp³-hybridized carbons (Fsp3) is 0. The Labute approximate surface area is 218 Å². The minimum atomic E-state index is -3.40. The van der Waals surface area contributed by atoms with Crippen molar-refractivity contribution < 1.29 is 192 Å². The van der Waals surface area contributed by atoms with Crippen LogP contribution in [0.3, 0.4) is 0 Å². The van der Waals surface area contributed by atoms with E-state index in [1.54, 1.807) is 0 Å². The van der Waals surface area contributed by atoms with Crippen LogP contribution in [0.15, 0.2) is 0 Å². The minimum Gasteiger partial charge on any atom is -0.372 e. The molecule has 0 bridgehead atoms. The molecule has 0 aliphatic rings. The van der Waals surface area contributed by atoms with E-state index in [0.717, 1.165) is 0 Å². The molecule has 0 rings (SSSR count). The zero-order valence-corrected chi connectivity index (χ0v) is 22.6. The van der Waals surface area contributed by atoms with Gasteiger partial charge < -0.3 is 58.8 Å². The molecule has 29 heteroatoms. The van der Waals surface area contributed by atoms with E-state index in [9.17, 15) is 0 Å². The van der Waals surface area contributed by atoms with Crippen LogP contribution in [-0.2, 0) is 0 Å². The maximum atomic E-state index is 8.63. The van der Waals surface area contributed by atoms with Gasteiger partial charge in [0.25, 0.3) is 0 Å². The molecule has 0 spiro atoms. The van der Waals surface area contributed by atoms with Crippen molar-refractivity contribution in [3.05, 3.63) is 0 Å². The molecule has 0 unspecified atom stereocenters. The third-order valence-electron chi connectivity index (χ3n) is 0. The number of rotatable bonds is 0. The summed E-state index contributed by atoms with van der Waals surface area (Å²) in [6.45, 7) is 0. The molecule has 0 saturated carbocycles.